The van der Waals surface area contributed by atoms with Gasteiger partial charge >= 0.3 is 5.95 Å². The second-order valence-electron chi connectivity index (χ2n) is 11.6. The summed E-state index contributed by atoms with van der Waals surface area (Å²) in [5, 5.41) is 2.30. The molecule has 1 unspecified atom stereocenters. The first-order valence-electron chi connectivity index (χ1n) is 15.2. The molecule has 0 bridgehead atoms. The predicted octanol–water partition coefficient (Wildman–Crippen LogP) is 9.47. The maximum Gasteiger partial charge on any atom is 0.439 e. The van der Waals surface area contributed by atoms with E-state index in [1.165, 1.54) is 16.8 Å². The number of benzene rings is 5. The number of nitrogens with zero attached hydrogens (tertiary/aromatic N) is 4. The Morgan fingerprint density at radius 1 is 0.644 bits per heavy atom. The molecule has 0 saturated carbocycles. The molecule has 5 nitrogen and oxygen atoms in total. The van der Waals surface area contributed by atoms with E-state index in [1.54, 1.807) is 0 Å². The van der Waals surface area contributed by atoms with Gasteiger partial charge in [-0.1, -0.05) is 113 Å². The van der Waals surface area contributed by atoms with Gasteiger partial charge in [0.25, 0.3) is 0 Å². The molecule has 1 aliphatic carbocycles. The molecule has 0 spiro atoms. The standard InChI is InChI=1S/C40H25N4O/c1-3-12-25(13-4-1)29-24-30(26-14-5-2-6-15-26)42-40(41-29)44-32-19-9-8-18-31(32)43-33-22-23-36-38(27-16-7-10-21-35(27)45-36)37(33)28-17-11-20-34(44)39(28)43/h1-24,39H/q+1. The summed E-state index contributed by atoms with van der Waals surface area (Å²) < 4.78 is 8.60. The largest absolute Gasteiger partial charge is 0.456 e. The fraction of sp³-hybridized carbons (Fsp3) is 0.0250. The van der Waals surface area contributed by atoms with E-state index in [1.807, 2.05) is 18.2 Å². The fourth-order valence-electron chi connectivity index (χ4n) is 7.25. The minimum absolute atomic E-state index is 0.0386. The van der Waals surface area contributed by atoms with Gasteiger partial charge in [0.15, 0.2) is 11.4 Å². The van der Waals surface area contributed by atoms with Crippen LogP contribution >= 0.6 is 0 Å². The highest BCUT2D eigenvalue weighted by atomic mass is 16.3. The summed E-state index contributed by atoms with van der Waals surface area (Å²) in [6.07, 6.45) is 6.64. The average molecular weight is 578 g/mol. The van der Waals surface area contributed by atoms with Gasteiger partial charge in [-0.05, 0) is 42.0 Å². The van der Waals surface area contributed by atoms with Crippen LogP contribution in [0.3, 0.4) is 0 Å². The van der Waals surface area contributed by atoms with Crippen LogP contribution in [-0.4, -0.2) is 21.7 Å². The molecular weight excluding hydrogens is 552 g/mol. The molecule has 0 amide bonds. The number of aromatic nitrogens is 2. The van der Waals surface area contributed by atoms with Crippen molar-refractivity contribution in [3.8, 4) is 22.5 Å². The Labute approximate surface area is 259 Å². The van der Waals surface area contributed by atoms with Crippen LogP contribution in [-0.2, 0) is 0 Å². The fourth-order valence-corrected chi connectivity index (χ4v) is 7.25. The lowest BCUT2D eigenvalue weighted by Gasteiger charge is -2.35. The third-order valence-electron chi connectivity index (χ3n) is 9.14. The van der Waals surface area contributed by atoms with E-state index in [9.17, 15) is 0 Å². The molecule has 2 aliphatic heterocycles. The normalized spacial score (nSPS) is 16.1. The Morgan fingerprint density at radius 3 is 2.11 bits per heavy atom. The van der Waals surface area contributed by atoms with Crippen molar-refractivity contribution in [2.45, 2.75) is 6.04 Å². The highest BCUT2D eigenvalue weighted by Gasteiger charge is 2.47. The second-order valence-corrected chi connectivity index (χ2v) is 11.6. The Hall–Kier alpha value is -6.07. The van der Waals surface area contributed by atoms with Gasteiger partial charge in [0.05, 0.1) is 11.4 Å². The van der Waals surface area contributed by atoms with E-state index < -0.39 is 0 Å². The molecule has 0 fully saturated rings. The van der Waals surface area contributed by atoms with Gasteiger partial charge in [0.1, 0.15) is 28.6 Å². The Morgan fingerprint density at radius 2 is 1.33 bits per heavy atom. The zero-order valence-corrected chi connectivity index (χ0v) is 24.1. The van der Waals surface area contributed by atoms with Gasteiger partial charge < -0.3 is 9.32 Å². The van der Waals surface area contributed by atoms with Gasteiger partial charge in [-0.15, -0.1) is 0 Å². The lowest BCUT2D eigenvalue weighted by atomic mass is 9.90. The maximum atomic E-state index is 6.34. The van der Waals surface area contributed by atoms with Gasteiger partial charge in [0, 0.05) is 33.5 Å². The minimum Gasteiger partial charge on any atom is -0.456 e. The molecule has 10 rings (SSSR count). The zero-order valence-electron chi connectivity index (χ0n) is 24.1. The molecule has 5 aromatic carbocycles. The van der Waals surface area contributed by atoms with Crippen molar-refractivity contribution in [1.82, 2.24) is 14.5 Å². The molecule has 7 aromatic rings. The number of para-hydroxylation sites is 3. The summed E-state index contributed by atoms with van der Waals surface area (Å²) in [7, 11) is 0. The number of fused-ring (bicyclic) bond motifs is 9. The van der Waals surface area contributed by atoms with Gasteiger partial charge in [-0.3, -0.25) is 0 Å². The van der Waals surface area contributed by atoms with Crippen molar-refractivity contribution >= 4 is 56.2 Å². The molecule has 0 saturated heterocycles. The van der Waals surface area contributed by atoms with Crippen molar-refractivity contribution in [1.29, 1.82) is 0 Å². The number of hydrogen-bond acceptors (Lipinski definition) is 4. The zero-order chi connectivity index (χ0) is 29.5. The molecule has 0 radical (unpaired) electrons. The molecule has 1 atom stereocenters. The van der Waals surface area contributed by atoms with Gasteiger partial charge in [-0.25, -0.2) is 0 Å². The molecule has 210 valence electrons. The van der Waals surface area contributed by atoms with Crippen LogP contribution in [0.15, 0.2) is 150 Å². The van der Waals surface area contributed by atoms with E-state index in [2.05, 4.69) is 137 Å². The molecule has 3 aliphatic rings. The van der Waals surface area contributed by atoms with E-state index in [4.69, 9.17) is 14.4 Å². The highest BCUT2D eigenvalue weighted by Crippen LogP contribution is 2.54. The summed E-state index contributed by atoms with van der Waals surface area (Å²) in [4.78, 5) is 13.0. The predicted molar refractivity (Wildman–Crippen MR) is 183 cm³/mol. The molecular formula is C40H25N4O+. The van der Waals surface area contributed by atoms with Crippen molar-refractivity contribution in [3.05, 3.63) is 151 Å². The SMILES string of the molecule is C1=CC2=[N+](c3nc(-c4ccccc4)cc(-c4ccccc4)n3)c3ccccc3N3c4ccc5oc6ccccc6c5c4C(=C1)C23. The molecule has 45 heavy (non-hydrogen) atoms. The van der Waals surface area contributed by atoms with E-state index in [0.717, 1.165) is 61.5 Å². The van der Waals surface area contributed by atoms with Crippen LogP contribution in [0.5, 0.6) is 0 Å². The summed E-state index contributed by atoms with van der Waals surface area (Å²) in [6.45, 7) is 0. The Balaban J connectivity index is 1.27. The third kappa shape index (κ3) is 3.46. The number of hydrogen-bond donors (Lipinski definition) is 0. The minimum atomic E-state index is -0.0386. The van der Waals surface area contributed by atoms with Crippen LogP contribution in [0.2, 0.25) is 0 Å². The molecule has 2 aromatic heterocycles. The number of allylic oxidation sites excluding steroid dienone is 2. The van der Waals surface area contributed by atoms with Crippen molar-refractivity contribution in [2.24, 2.45) is 0 Å². The first-order chi connectivity index (χ1) is 22.3. The van der Waals surface area contributed by atoms with Gasteiger partial charge in [-0.2, -0.15) is 4.58 Å². The monoisotopic (exact) mass is 577 g/mol. The Kier molecular flexibility index (Phi) is 4.99. The highest BCUT2D eigenvalue weighted by molar-refractivity contribution is 6.25. The van der Waals surface area contributed by atoms with E-state index in [0.29, 0.717) is 5.95 Å². The second kappa shape index (κ2) is 9.21. The van der Waals surface area contributed by atoms with Crippen LogP contribution in [0.1, 0.15) is 5.56 Å². The van der Waals surface area contributed by atoms with Crippen molar-refractivity contribution in [3.63, 3.8) is 0 Å². The van der Waals surface area contributed by atoms with E-state index in [-0.39, 0.29) is 6.04 Å². The quantitative estimate of drug-likeness (QED) is 0.196. The first kappa shape index (κ1) is 24.4. The number of rotatable bonds is 3. The molecule has 4 heterocycles. The lowest BCUT2D eigenvalue weighted by Crippen LogP contribution is -2.43. The van der Waals surface area contributed by atoms with Crippen LogP contribution in [0, 0.1) is 0 Å². The van der Waals surface area contributed by atoms with Crippen LogP contribution < -0.4 is 9.48 Å². The lowest BCUT2D eigenvalue weighted by molar-refractivity contribution is 0.669. The smallest absolute Gasteiger partial charge is 0.439 e. The van der Waals surface area contributed by atoms with Crippen LogP contribution in [0.25, 0.3) is 50.0 Å². The Bertz CT molecular complexity index is 2380. The summed E-state index contributed by atoms with van der Waals surface area (Å²) in [6, 6.07) is 44.0. The first-order valence-corrected chi connectivity index (χ1v) is 15.2. The summed E-state index contributed by atoms with van der Waals surface area (Å²) >= 11 is 0. The molecule has 5 heteroatoms. The summed E-state index contributed by atoms with van der Waals surface area (Å²) in [5.41, 5.74) is 12.6. The maximum absolute atomic E-state index is 6.34. The topological polar surface area (TPSA) is 45.2 Å². The molecule has 0 N–H and O–H groups in total. The third-order valence-corrected chi connectivity index (χ3v) is 9.14. The summed E-state index contributed by atoms with van der Waals surface area (Å²) in [5.74, 6) is 0.651. The van der Waals surface area contributed by atoms with E-state index >= 15 is 0 Å². The number of anilines is 2. The average Bonchev–Trinajstić information content (AvgIpc) is 3.66. The number of furan rings is 1. The van der Waals surface area contributed by atoms with Crippen LogP contribution in [0.4, 0.5) is 23.0 Å². The van der Waals surface area contributed by atoms with Crippen molar-refractivity contribution < 1.29 is 4.42 Å². The van der Waals surface area contributed by atoms with Gasteiger partial charge in [0.2, 0.25) is 0 Å². The van der Waals surface area contributed by atoms with Crippen molar-refractivity contribution in [2.75, 3.05) is 4.90 Å².